The van der Waals surface area contributed by atoms with Crippen LogP contribution >= 0.6 is 0 Å². The average Bonchev–Trinajstić information content (AvgIpc) is 1.37. The van der Waals surface area contributed by atoms with Crippen molar-refractivity contribution >= 4 is 0 Å². The van der Waals surface area contributed by atoms with E-state index in [1.54, 1.807) is 0 Å². The zero-order chi connectivity index (χ0) is 3.41. The summed E-state index contributed by atoms with van der Waals surface area (Å²) in [6, 6.07) is 0. The zero-order valence-corrected chi connectivity index (χ0v) is 2.27. The molecule has 0 heterocycles. The first kappa shape index (κ1) is 3.60. The molecule has 23 valence electrons. The molecule has 0 bridgehead atoms. The molecule has 0 atom stereocenters. The van der Waals surface area contributed by atoms with Crippen LogP contribution in [-0.2, 0) is 0 Å². The van der Waals surface area contributed by atoms with Crippen molar-refractivity contribution in [3.05, 3.63) is 11.8 Å². The molecule has 2 nitrogen and oxygen atoms in total. The van der Waals surface area contributed by atoms with E-state index in [9.17, 15) is 0 Å². The van der Waals surface area contributed by atoms with Crippen LogP contribution < -0.4 is 0 Å². The molecule has 0 aromatic carbocycles. The predicted molar refractivity (Wildman–Crippen MR) is 16.0 cm³/mol. The lowest BCUT2D eigenvalue weighted by molar-refractivity contribution is 1.23. The van der Waals surface area contributed by atoms with E-state index < -0.39 is 0 Å². The molecule has 1 radical (unpaired) electrons. The fourth-order valence-electron chi connectivity index (χ4n) is 0. The van der Waals surface area contributed by atoms with E-state index in [1.807, 2.05) is 0 Å². The Labute approximate surface area is 24.8 Å². The Bertz CT molecular complexity index is 20.0. The van der Waals surface area contributed by atoms with Gasteiger partial charge >= 0.3 is 0 Å². The maximum absolute atomic E-state index is 8.86. The third kappa shape index (κ3) is 1.60. The van der Waals surface area contributed by atoms with Gasteiger partial charge in [-0.2, -0.15) is 4.91 Å². The van der Waals surface area contributed by atoms with Crippen molar-refractivity contribution in [2.24, 2.45) is 5.18 Å². The van der Waals surface area contributed by atoms with Crippen LogP contribution in [0.15, 0.2) is 5.18 Å². The summed E-state index contributed by atoms with van der Waals surface area (Å²) >= 11 is 0. The summed E-state index contributed by atoms with van der Waals surface area (Å²) in [5.74, 6) is 0. The smallest absolute Gasteiger partial charge is 0.0811 e. The summed E-state index contributed by atoms with van der Waals surface area (Å²) < 4.78 is 0. The van der Waals surface area contributed by atoms with Gasteiger partial charge in [0.2, 0.25) is 0 Å². The summed E-state index contributed by atoms with van der Waals surface area (Å²) in [5.41, 5.74) is 0. The number of hydrogen-bond donors (Lipinski definition) is 0. The molecule has 0 aromatic rings. The molecule has 0 amide bonds. The Morgan fingerprint density at radius 1 is 2.00 bits per heavy atom. The lowest BCUT2D eigenvalue weighted by atomic mass is 10.8. The first-order valence-electron chi connectivity index (χ1n) is 0.999. The van der Waals surface area contributed by atoms with E-state index in [-0.39, 0.29) is 6.54 Å². The van der Waals surface area contributed by atoms with Crippen molar-refractivity contribution in [1.82, 2.24) is 0 Å². The monoisotopic (exact) mass is 58.0 g/mol. The second-order valence-corrected chi connectivity index (χ2v) is 0.353. The van der Waals surface area contributed by atoms with Gasteiger partial charge in [0.25, 0.3) is 0 Å². The highest BCUT2D eigenvalue weighted by molar-refractivity contribution is 4.36. The SMILES string of the molecule is [CH2]CN=O. The lowest BCUT2D eigenvalue weighted by Crippen LogP contribution is -1.54. The van der Waals surface area contributed by atoms with Crippen molar-refractivity contribution in [1.29, 1.82) is 0 Å². The topological polar surface area (TPSA) is 29.4 Å². The van der Waals surface area contributed by atoms with E-state index in [1.165, 1.54) is 0 Å². The number of hydrogen-bond acceptors (Lipinski definition) is 2. The minimum Gasteiger partial charge on any atom is -0.151 e. The Balaban J connectivity index is 2.30. The van der Waals surface area contributed by atoms with Crippen molar-refractivity contribution in [2.75, 3.05) is 6.54 Å². The molecule has 0 unspecified atom stereocenters. The molecule has 0 aliphatic rings. The maximum Gasteiger partial charge on any atom is 0.0811 e. The summed E-state index contributed by atoms with van der Waals surface area (Å²) in [7, 11) is 0. The summed E-state index contributed by atoms with van der Waals surface area (Å²) in [6.07, 6.45) is 0. The maximum atomic E-state index is 8.86. The fraction of sp³-hybridized carbons (Fsp3) is 0.500. The predicted octanol–water partition coefficient (Wildman–Crippen LogP) is 0.587. The molecule has 0 saturated carbocycles. The first-order valence-corrected chi connectivity index (χ1v) is 0.999. The molecule has 0 aliphatic carbocycles. The number of nitrogens with zero attached hydrogens (tertiary/aromatic N) is 1. The van der Waals surface area contributed by atoms with Gasteiger partial charge < -0.3 is 0 Å². The molecule has 2 heteroatoms. The van der Waals surface area contributed by atoms with Crippen LogP contribution in [0, 0.1) is 11.8 Å². The Hall–Kier alpha value is -0.400. The van der Waals surface area contributed by atoms with Gasteiger partial charge in [0.05, 0.1) is 6.54 Å². The van der Waals surface area contributed by atoms with E-state index in [0.29, 0.717) is 0 Å². The minimum atomic E-state index is 0.139. The molecule has 0 spiro atoms. The number of nitroso groups, excluding NO2 is 1. The third-order valence-corrected chi connectivity index (χ3v) is 0.0913. The Morgan fingerprint density at radius 3 is 2.25 bits per heavy atom. The van der Waals surface area contributed by atoms with E-state index in [0.717, 1.165) is 0 Å². The zero-order valence-electron chi connectivity index (χ0n) is 2.27. The summed E-state index contributed by atoms with van der Waals surface area (Å²) in [5, 5.41) is 2.38. The quantitative estimate of drug-likeness (QED) is 0.405. The highest BCUT2D eigenvalue weighted by Gasteiger charge is 1.51. The molecule has 0 saturated heterocycles. The van der Waals surface area contributed by atoms with Crippen LogP contribution in [-0.4, -0.2) is 6.54 Å². The highest BCUT2D eigenvalue weighted by Crippen LogP contribution is 1.51. The van der Waals surface area contributed by atoms with Crippen LogP contribution in [0.2, 0.25) is 0 Å². The van der Waals surface area contributed by atoms with Crippen molar-refractivity contribution in [3.8, 4) is 0 Å². The molecule has 0 aliphatic heterocycles. The van der Waals surface area contributed by atoms with E-state index in [2.05, 4.69) is 12.1 Å². The lowest BCUT2D eigenvalue weighted by Gasteiger charge is -1.52. The van der Waals surface area contributed by atoms with Gasteiger partial charge in [-0.05, 0) is 6.92 Å². The van der Waals surface area contributed by atoms with E-state index >= 15 is 0 Å². The summed E-state index contributed by atoms with van der Waals surface area (Å²) in [6.45, 7) is 3.26. The van der Waals surface area contributed by atoms with Gasteiger partial charge in [-0.15, -0.1) is 0 Å². The summed E-state index contributed by atoms with van der Waals surface area (Å²) in [4.78, 5) is 8.86. The molecular weight excluding hydrogens is 54.0 g/mol. The molecule has 4 heavy (non-hydrogen) atoms. The fourth-order valence-corrected chi connectivity index (χ4v) is 0. The second kappa shape index (κ2) is 2.60. The van der Waals surface area contributed by atoms with Gasteiger partial charge in [-0.25, -0.2) is 0 Å². The molecule has 0 fully saturated rings. The third-order valence-electron chi connectivity index (χ3n) is 0.0913. The Morgan fingerprint density at radius 2 is 2.25 bits per heavy atom. The van der Waals surface area contributed by atoms with Crippen molar-refractivity contribution in [3.63, 3.8) is 0 Å². The number of rotatable bonds is 1. The van der Waals surface area contributed by atoms with Crippen molar-refractivity contribution in [2.45, 2.75) is 0 Å². The largest absolute Gasteiger partial charge is 0.151 e. The molecule has 0 N–H and O–H groups in total. The van der Waals surface area contributed by atoms with Gasteiger partial charge in [0.1, 0.15) is 0 Å². The van der Waals surface area contributed by atoms with Crippen LogP contribution in [0.25, 0.3) is 0 Å². The van der Waals surface area contributed by atoms with E-state index in [4.69, 9.17) is 4.91 Å². The van der Waals surface area contributed by atoms with Crippen molar-refractivity contribution < 1.29 is 0 Å². The van der Waals surface area contributed by atoms with Gasteiger partial charge in [-0.3, -0.25) is 0 Å². The van der Waals surface area contributed by atoms with Gasteiger partial charge in [-0.1, -0.05) is 5.18 Å². The molecular formula is C2H4NO. The van der Waals surface area contributed by atoms with Crippen LogP contribution in [0.4, 0.5) is 0 Å². The normalized spacial score (nSPS) is 6.25. The highest BCUT2D eigenvalue weighted by atomic mass is 16.3. The van der Waals surface area contributed by atoms with Crippen LogP contribution in [0.5, 0.6) is 0 Å². The van der Waals surface area contributed by atoms with Crippen LogP contribution in [0.3, 0.4) is 0 Å². The van der Waals surface area contributed by atoms with Crippen LogP contribution in [0.1, 0.15) is 0 Å². The van der Waals surface area contributed by atoms with Gasteiger partial charge in [0.15, 0.2) is 0 Å². The molecule has 0 rings (SSSR count). The van der Waals surface area contributed by atoms with Gasteiger partial charge in [0, 0.05) is 0 Å². The molecule has 0 aromatic heterocycles. The minimum absolute atomic E-state index is 0.139. The first-order chi connectivity index (χ1) is 1.91. The second-order valence-electron chi connectivity index (χ2n) is 0.353. The Kier molecular flexibility index (Phi) is 2.34. The average molecular weight is 58.1 g/mol. The standard InChI is InChI=1S/C2H4NO/c1-2-3-4/h1-2H2.